The predicted octanol–water partition coefficient (Wildman–Crippen LogP) is 2.40. The van der Waals surface area contributed by atoms with Gasteiger partial charge in [-0.05, 0) is 50.8 Å². The van der Waals surface area contributed by atoms with E-state index in [0.29, 0.717) is 11.3 Å². The number of likely N-dealkylation sites (tertiary alicyclic amines) is 1. The maximum atomic E-state index is 13.1. The van der Waals surface area contributed by atoms with E-state index in [9.17, 15) is 24.0 Å². The highest BCUT2D eigenvalue weighted by molar-refractivity contribution is 8.02. The number of imide groups is 1. The van der Waals surface area contributed by atoms with Crippen molar-refractivity contribution < 1.29 is 33.4 Å². The van der Waals surface area contributed by atoms with Crippen LogP contribution in [-0.4, -0.2) is 76.6 Å². The van der Waals surface area contributed by atoms with E-state index >= 15 is 0 Å². The average molecular weight is 489 g/mol. The summed E-state index contributed by atoms with van der Waals surface area (Å²) >= 11 is 1.34. The molecule has 2 atom stereocenters. The van der Waals surface area contributed by atoms with Crippen molar-refractivity contribution in [2.75, 3.05) is 19.4 Å². The van der Waals surface area contributed by atoms with Gasteiger partial charge in [0.2, 0.25) is 5.91 Å². The van der Waals surface area contributed by atoms with E-state index in [1.165, 1.54) is 23.8 Å². The highest BCUT2D eigenvalue weighted by Crippen LogP contribution is 2.36. The molecular formula is C24H28N2O7S. The molecule has 1 aromatic carbocycles. The Kier molecular flexibility index (Phi) is 7.50. The number of rotatable bonds is 8. The molecule has 0 bridgehead atoms. The van der Waals surface area contributed by atoms with Crippen LogP contribution in [0.1, 0.15) is 54.8 Å². The van der Waals surface area contributed by atoms with Gasteiger partial charge in [-0.15, -0.1) is 11.8 Å². The summed E-state index contributed by atoms with van der Waals surface area (Å²) in [6, 6.07) is 4.67. The number of hydrogen-bond donors (Lipinski definition) is 0. The Morgan fingerprint density at radius 1 is 1.06 bits per heavy atom. The number of carbonyl (C=O) groups excluding carboxylic acids is 5. The van der Waals surface area contributed by atoms with E-state index in [4.69, 9.17) is 4.74 Å². The number of carbonyl (C=O) groups is 5. The molecule has 2 aliphatic rings. The molecule has 0 saturated carbocycles. The molecule has 10 heteroatoms. The Morgan fingerprint density at radius 2 is 1.65 bits per heavy atom. The van der Waals surface area contributed by atoms with Crippen LogP contribution in [0, 0.1) is 0 Å². The maximum absolute atomic E-state index is 13.1. The number of nitrogens with zero attached hydrogens (tertiary/aromatic N) is 2. The Balaban J connectivity index is 1.84. The molecule has 1 fully saturated rings. The lowest BCUT2D eigenvalue weighted by Gasteiger charge is -2.49. The van der Waals surface area contributed by atoms with Gasteiger partial charge in [0, 0.05) is 5.75 Å². The van der Waals surface area contributed by atoms with E-state index < -0.39 is 41.4 Å². The Labute approximate surface area is 202 Å². The lowest BCUT2D eigenvalue weighted by atomic mass is 9.88. The topological polar surface area (TPSA) is 110 Å². The van der Waals surface area contributed by atoms with Crippen LogP contribution < -0.4 is 0 Å². The molecule has 182 valence electrons. The fraction of sp³-hybridized carbons (Fsp3) is 0.458. The highest BCUT2D eigenvalue weighted by Gasteiger charge is 2.57. The van der Waals surface area contributed by atoms with Crippen molar-refractivity contribution in [1.29, 1.82) is 0 Å². The Morgan fingerprint density at radius 3 is 2.18 bits per heavy atom. The van der Waals surface area contributed by atoms with Gasteiger partial charge in [-0.25, -0.2) is 0 Å². The zero-order valence-electron chi connectivity index (χ0n) is 19.8. The number of hydrogen-bond acceptors (Lipinski definition) is 8. The van der Waals surface area contributed by atoms with Gasteiger partial charge in [-0.2, -0.15) is 0 Å². The molecule has 3 amide bonds. The number of ether oxygens (including phenoxy) is 2. The fourth-order valence-electron chi connectivity index (χ4n) is 3.93. The van der Waals surface area contributed by atoms with Crippen molar-refractivity contribution in [3.8, 4) is 0 Å². The minimum absolute atomic E-state index is 0.206. The first-order valence-corrected chi connectivity index (χ1v) is 11.9. The second-order valence-electron chi connectivity index (χ2n) is 9.03. The van der Waals surface area contributed by atoms with Crippen LogP contribution in [0.15, 0.2) is 35.2 Å². The number of thioether (sulfide) groups is 1. The van der Waals surface area contributed by atoms with Crippen LogP contribution in [0.5, 0.6) is 0 Å². The van der Waals surface area contributed by atoms with Crippen molar-refractivity contribution >= 4 is 41.4 Å². The van der Waals surface area contributed by atoms with Crippen LogP contribution in [-0.2, 0) is 23.9 Å². The van der Waals surface area contributed by atoms with Crippen LogP contribution in [0.2, 0.25) is 0 Å². The van der Waals surface area contributed by atoms with Gasteiger partial charge >= 0.3 is 11.9 Å². The summed E-state index contributed by atoms with van der Waals surface area (Å²) in [4.78, 5) is 65.2. The molecule has 0 N–H and O–H groups in total. The minimum Gasteiger partial charge on any atom is -0.469 e. The molecule has 1 aromatic rings. The van der Waals surface area contributed by atoms with E-state index in [-0.39, 0.29) is 30.1 Å². The molecular weight excluding hydrogens is 460 g/mol. The van der Waals surface area contributed by atoms with Gasteiger partial charge in [-0.1, -0.05) is 12.1 Å². The third-order valence-electron chi connectivity index (χ3n) is 5.38. The molecule has 1 saturated heterocycles. The van der Waals surface area contributed by atoms with Crippen LogP contribution in [0.3, 0.4) is 0 Å². The molecule has 34 heavy (non-hydrogen) atoms. The Hall–Kier alpha value is -3.14. The zero-order valence-corrected chi connectivity index (χ0v) is 20.6. The SMILES string of the molecule is COC(=O)CCSC=C(C)C1C(N2C(=O)c3ccccc3C2=O)C(=O)N1CC(=O)OC(C)(C)C. The smallest absolute Gasteiger partial charge is 0.326 e. The third kappa shape index (κ3) is 5.16. The number of benzene rings is 1. The molecule has 2 aliphatic heterocycles. The standard InChI is InChI=1S/C24H28N2O7S/c1-14(13-34-11-10-17(27)32-5)19-20(23(31)25(19)12-18(28)33-24(2,3)4)26-21(29)15-8-6-7-9-16(15)22(26)30/h6-9,13,19-20H,10-12H2,1-5H3. The van der Waals surface area contributed by atoms with Gasteiger partial charge in [0.1, 0.15) is 18.2 Å². The summed E-state index contributed by atoms with van der Waals surface area (Å²) in [5.41, 5.74) is 0.453. The molecule has 9 nitrogen and oxygen atoms in total. The largest absolute Gasteiger partial charge is 0.469 e. The lowest BCUT2D eigenvalue weighted by Crippen LogP contribution is -2.72. The van der Waals surface area contributed by atoms with Crippen LogP contribution >= 0.6 is 11.8 Å². The molecule has 0 spiro atoms. The molecule has 0 aromatic heterocycles. The van der Waals surface area contributed by atoms with E-state index in [2.05, 4.69) is 4.74 Å². The monoisotopic (exact) mass is 488 g/mol. The summed E-state index contributed by atoms with van der Waals surface area (Å²) < 4.78 is 9.99. The number of methoxy groups -OCH3 is 1. The first-order valence-electron chi connectivity index (χ1n) is 10.8. The van der Waals surface area contributed by atoms with Gasteiger partial charge in [0.05, 0.1) is 30.7 Å². The molecule has 2 heterocycles. The summed E-state index contributed by atoms with van der Waals surface area (Å²) in [5, 5.41) is 1.77. The molecule has 0 radical (unpaired) electrons. The van der Waals surface area contributed by atoms with E-state index in [1.807, 2.05) is 0 Å². The first-order chi connectivity index (χ1) is 16.0. The highest BCUT2D eigenvalue weighted by atomic mass is 32.2. The van der Waals surface area contributed by atoms with Crippen molar-refractivity contribution in [2.45, 2.75) is 51.8 Å². The molecule has 2 unspecified atom stereocenters. The molecule has 0 aliphatic carbocycles. The van der Waals surface area contributed by atoms with Gasteiger partial charge in [-0.3, -0.25) is 28.9 Å². The third-order valence-corrected chi connectivity index (χ3v) is 6.36. The first kappa shape index (κ1) is 25.5. The number of β-lactam (4-membered cyclic amide) rings is 1. The van der Waals surface area contributed by atoms with Crippen LogP contribution in [0.25, 0.3) is 0 Å². The van der Waals surface area contributed by atoms with E-state index in [1.54, 1.807) is 57.4 Å². The van der Waals surface area contributed by atoms with E-state index in [0.717, 1.165) is 4.90 Å². The number of fused-ring (bicyclic) bond motifs is 1. The number of esters is 2. The van der Waals surface area contributed by atoms with Crippen molar-refractivity contribution in [1.82, 2.24) is 9.80 Å². The van der Waals surface area contributed by atoms with Crippen molar-refractivity contribution in [3.63, 3.8) is 0 Å². The summed E-state index contributed by atoms with van der Waals surface area (Å²) in [5.74, 6) is -2.05. The average Bonchev–Trinajstić information content (AvgIpc) is 3.01. The quantitative estimate of drug-likeness (QED) is 0.237. The summed E-state index contributed by atoms with van der Waals surface area (Å²) in [6.45, 7) is 6.63. The second kappa shape index (κ2) is 10.0. The molecule has 3 rings (SSSR count). The van der Waals surface area contributed by atoms with Crippen molar-refractivity contribution in [2.24, 2.45) is 0 Å². The summed E-state index contributed by atoms with van der Waals surface area (Å²) in [7, 11) is 1.31. The minimum atomic E-state index is -1.06. The zero-order chi connectivity index (χ0) is 25.2. The lowest BCUT2D eigenvalue weighted by molar-refractivity contribution is -0.167. The van der Waals surface area contributed by atoms with Gasteiger partial charge in [0.25, 0.3) is 11.8 Å². The Bertz CT molecular complexity index is 1020. The maximum Gasteiger partial charge on any atom is 0.326 e. The van der Waals surface area contributed by atoms with Gasteiger partial charge < -0.3 is 14.4 Å². The number of amides is 3. The fourth-order valence-corrected chi connectivity index (χ4v) is 4.74. The summed E-state index contributed by atoms with van der Waals surface area (Å²) in [6.07, 6.45) is 0.206. The second-order valence-corrected chi connectivity index (χ2v) is 10.0. The van der Waals surface area contributed by atoms with Crippen molar-refractivity contribution in [3.05, 3.63) is 46.4 Å². The normalized spacial score (nSPS) is 20.3. The van der Waals surface area contributed by atoms with Gasteiger partial charge in [0.15, 0.2) is 0 Å². The van der Waals surface area contributed by atoms with Crippen LogP contribution in [0.4, 0.5) is 0 Å². The predicted molar refractivity (Wildman–Crippen MR) is 125 cm³/mol.